The summed E-state index contributed by atoms with van der Waals surface area (Å²) in [5.74, 6) is -0.158. The van der Waals surface area contributed by atoms with E-state index < -0.39 is 0 Å². The van der Waals surface area contributed by atoms with Crippen LogP contribution in [0, 0.1) is 6.92 Å². The second-order valence-corrected chi connectivity index (χ2v) is 6.17. The molecule has 3 heterocycles. The smallest absolute Gasteiger partial charge is 0.275 e. The van der Waals surface area contributed by atoms with Crippen LogP contribution >= 0.6 is 0 Å². The molecular formula is C17H17N5O3. The molecule has 3 aromatic rings. The first-order chi connectivity index (χ1) is 12.1. The minimum absolute atomic E-state index is 0.0928. The second kappa shape index (κ2) is 6.12. The molecule has 0 aliphatic carbocycles. The van der Waals surface area contributed by atoms with E-state index in [0.717, 1.165) is 18.2 Å². The highest BCUT2D eigenvalue weighted by Crippen LogP contribution is 2.32. The summed E-state index contributed by atoms with van der Waals surface area (Å²) in [6.07, 6.45) is 3.29. The average molecular weight is 339 g/mol. The van der Waals surface area contributed by atoms with Gasteiger partial charge in [0.15, 0.2) is 0 Å². The maximum atomic E-state index is 12.8. The van der Waals surface area contributed by atoms with Gasteiger partial charge in [0.25, 0.3) is 5.56 Å². The molecule has 1 unspecified atom stereocenters. The summed E-state index contributed by atoms with van der Waals surface area (Å²) >= 11 is 0. The van der Waals surface area contributed by atoms with E-state index in [2.05, 4.69) is 15.4 Å². The summed E-state index contributed by atoms with van der Waals surface area (Å²) in [7, 11) is 0. The van der Waals surface area contributed by atoms with Gasteiger partial charge >= 0.3 is 0 Å². The van der Waals surface area contributed by atoms with E-state index in [0.29, 0.717) is 23.3 Å². The summed E-state index contributed by atoms with van der Waals surface area (Å²) in [5.41, 5.74) is 1.11. The van der Waals surface area contributed by atoms with Crippen LogP contribution in [0.25, 0.3) is 10.8 Å². The van der Waals surface area contributed by atoms with E-state index in [1.807, 2.05) is 19.1 Å². The lowest BCUT2D eigenvalue weighted by molar-refractivity contribution is -0.133. The Morgan fingerprint density at radius 2 is 2.16 bits per heavy atom. The van der Waals surface area contributed by atoms with E-state index in [4.69, 9.17) is 4.63 Å². The Morgan fingerprint density at radius 3 is 2.96 bits per heavy atom. The minimum Gasteiger partial charge on any atom is -0.332 e. The van der Waals surface area contributed by atoms with Crippen molar-refractivity contribution in [2.45, 2.75) is 32.4 Å². The van der Waals surface area contributed by atoms with Gasteiger partial charge in [-0.3, -0.25) is 9.59 Å². The molecule has 1 atom stereocenters. The zero-order valence-electron chi connectivity index (χ0n) is 13.8. The predicted molar refractivity (Wildman–Crippen MR) is 88.7 cm³/mol. The van der Waals surface area contributed by atoms with Crippen molar-refractivity contribution in [2.75, 3.05) is 6.54 Å². The molecule has 1 aliphatic rings. The van der Waals surface area contributed by atoms with E-state index >= 15 is 0 Å². The summed E-state index contributed by atoms with van der Waals surface area (Å²) < 4.78 is 5.98. The molecular weight excluding hydrogens is 322 g/mol. The van der Waals surface area contributed by atoms with Crippen LogP contribution in [0.5, 0.6) is 0 Å². The number of amides is 1. The Morgan fingerprint density at radius 1 is 1.32 bits per heavy atom. The van der Waals surface area contributed by atoms with Crippen LogP contribution in [0.2, 0.25) is 0 Å². The number of hydrogen-bond donors (Lipinski definition) is 0. The van der Waals surface area contributed by atoms with Crippen molar-refractivity contribution >= 4 is 16.7 Å². The maximum Gasteiger partial charge on any atom is 0.275 e. The molecule has 0 bridgehead atoms. The molecule has 1 fully saturated rings. The molecule has 25 heavy (non-hydrogen) atoms. The number of nitrogens with zero attached hydrogens (tertiary/aromatic N) is 5. The Balaban J connectivity index is 1.61. The number of aryl methyl sites for hydroxylation is 1. The van der Waals surface area contributed by atoms with Gasteiger partial charge in [-0.15, -0.1) is 0 Å². The number of likely N-dealkylation sites (tertiary alicyclic amines) is 1. The molecule has 8 nitrogen and oxygen atoms in total. The lowest BCUT2D eigenvalue weighted by Crippen LogP contribution is -2.37. The van der Waals surface area contributed by atoms with Gasteiger partial charge in [0, 0.05) is 11.9 Å². The summed E-state index contributed by atoms with van der Waals surface area (Å²) in [6, 6.07) is 7.06. The van der Waals surface area contributed by atoms with Crippen LogP contribution in [0.15, 0.2) is 39.9 Å². The van der Waals surface area contributed by atoms with Gasteiger partial charge in [-0.2, -0.15) is 5.10 Å². The normalized spacial score (nSPS) is 17.3. The molecule has 0 radical (unpaired) electrons. The third-order valence-corrected chi connectivity index (χ3v) is 4.62. The molecule has 1 amide bonds. The van der Waals surface area contributed by atoms with Crippen LogP contribution in [0.1, 0.15) is 30.3 Å². The van der Waals surface area contributed by atoms with Gasteiger partial charge in [0.2, 0.25) is 5.91 Å². The van der Waals surface area contributed by atoms with Crippen molar-refractivity contribution in [1.29, 1.82) is 0 Å². The van der Waals surface area contributed by atoms with Crippen LogP contribution in [0.4, 0.5) is 0 Å². The monoisotopic (exact) mass is 339 g/mol. The fraction of sp³-hybridized carbons (Fsp3) is 0.353. The summed E-state index contributed by atoms with van der Waals surface area (Å²) in [5, 5.41) is 13.2. The number of rotatable bonds is 3. The van der Waals surface area contributed by atoms with Crippen molar-refractivity contribution in [1.82, 2.24) is 25.0 Å². The van der Waals surface area contributed by atoms with Crippen molar-refractivity contribution in [2.24, 2.45) is 0 Å². The van der Waals surface area contributed by atoms with Gasteiger partial charge in [-0.25, -0.2) is 9.31 Å². The number of carbonyl (C=O) groups is 1. The van der Waals surface area contributed by atoms with Gasteiger partial charge in [0.1, 0.15) is 17.9 Å². The molecule has 4 rings (SSSR count). The quantitative estimate of drug-likeness (QED) is 0.717. The second-order valence-electron chi connectivity index (χ2n) is 6.17. The number of benzene rings is 1. The molecule has 0 spiro atoms. The summed E-state index contributed by atoms with van der Waals surface area (Å²) in [6.45, 7) is 2.34. The van der Waals surface area contributed by atoms with Crippen LogP contribution in [0.3, 0.4) is 0 Å². The van der Waals surface area contributed by atoms with Crippen molar-refractivity contribution in [3.05, 3.63) is 52.2 Å². The van der Waals surface area contributed by atoms with E-state index in [1.165, 1.54) is 4.68 Å². The Kier molecular flexibility index (Phi) is 3.79. The number of fused-ring (bicyclic) bond motifs is 1. The van der Waals surface area contributed by atoms with Gasteiger partial charge in [0.05, 0.1) is 17.6 Å². The lowest BCUT2D eigenvalue weighted by atomic mass is 10.1. The van der Waals surface area contributed by atoms with E-state index in [-0.39, 0.29) is 24.1 Å². The Labute approximate surface area is 143 Å². The Hall–Kier alpha value is -3.03. The maximum absolute atomic E-state index is 12.8. The predicted octanol–water partition coefficient (Wildman–Crippen LogP) is 1.45. The highest BCUT2D eigenvalue weighted by Gasteiger charge is 2.33. The lowest BCUT2D eigenvalue weighted by Gasteiger charge is -2.23. The highest BCUT2D eigenvalue weighted by molar-refractivity contribution is 5.81. The molecule has 1 aromatic carbocycles. The van der Waals surface area contributed by atoms with Crippen molar-refractivity contribution in [3.63, 3.8) is 0 Å². The van der Waals surface area contributed by atoms with Gasteiger partial charge in [-0.05, 0) is 25.8 Å². The fourth-order valence-corrected chi connectivity index (χ4v) is 3.35. The number of hydrogen-bond acceptors (Lipinski definition) is 6. The van der Waals surface area contributed by atoms with Gasteiger partial charge in [-0.1, -0.05) is 28.5 Å². The van der Waals surface area contributed by atoms with Crippen molar-refractivity contribution < 1.29 is 9.42 Å². The standard InChI is InChI=1S/C17H17N5O3/c1-11-16(20-25-19-11)14-7-4-8-21(14)15(23)10-22-17(24)13-6-3-2-5-12(13)9-18-22/h2-3,5-6,9,14H,4,7-8,10H2,1H3. The number of aromatic nitrogens is 4. The third-order valence-electron chi connectivity index (χ3n) is 4.62. The first-order valence-corrected chi connectivity index (χ1v) is 8.18. The zero-order valence-corrected chi connectivity index (χ0v) is 13.8. The SMILES string of the molecule is Cc1nonc1C1CCCN1C(=O)Cn1ncc2ccccc2c1=O. The molecule has 0 saturated carbocycles. The topological polar surface area (TPSA) is 94.1 Å². The van der Waals surface area contributed by atoms with Crippen LogP contribution < -0.4 is 5.56 Å². The third kappa shape index (κ3) is 2.69. The zero-order chi connectivity index (χ0) is 17.4. The molecule has 1 saturated heterocycles. The first kappa shape index (κ1) is 15.5. The highest BCUT2D eigenvalue weighted by atomic mass is 16.6. The Bertz CT molecular complexity index is 993. The molecule has 8 heteroatoms. The van der Waals surface area contributed by atoms with E-state index in [1.54, 1.807) is 23.2 Å². The molecule has 2 aromatic heterocycles. The van der Waals surface area contributed by atoms with Crippen molar-refractivity contribution in [3.8, 4) is 0 Å². The minimum atomic E-state index is -0.263. The molecule has 1 aliphatic heterocycles. The molecule has 0 N–H and O–H groups in total. The van der Waals surface area contributed by atoms with Crippen LogP contribution in [-0.2, 0) is 11.3 Å². The van der Waals surface area contributed by atoms with Crippen LogP contribution in [-0.4, -0.2) is 37.4 Å². The van der Waals surface area contributed by atoms with E-state index in [9.17, 15) is 9.59 Å². The van der Waals surface area contributed by atoms with Gasteiger partial charge < -0.3 is 4.90 Å². The largest absolute Gasteiger partial charge is 0.332 e. The number of carbonyl (C=O) groups excluding carboxylic acids is 1. The fourth-order valence-electron chi connectivity index (χ4n) is 3.35. The average Bonchev–Trinajstić information content (AvgIpc) is 3.26. The first-order valence-electron chi connectivity index (χ1n) is 8.18. The molecule has 128 valence electrons. The summed E-state index contributed by atoms with van der Waals surface area (Å²) in [4.78, 5) is 27.0.